The standard InChI is InChI=1S/C21H25.C13H21.C11H8.2ClH.Zr/c1-20(2,3)16-7-9-18-14(12-16)11-15-13-17(21(4,5)6)8-10-19(15)18;1-6-10-8-11(7-2)12(9-10)13(3,4)5;1-9-5-4-7-10-6-2-3-8-11(9)10;;;/h7-13H,1-6H3;9-10H,6-7H2,1-5H3;1-8H;2*1H;/q2*-1;;;;+2/p-2. The van der Waals surface area contributed by atoms with Gasteiger partial charge in [-0.15, -0.1) is 39.7 Å². The summed E-state index contributed by atoms with van der Waals surface area (Å²) in [4.78, 5) is 0. The van der Waals surface area contributed by atoms with Crippen molar-refractivity contribution in [2.45, 2.75) is 99.8 Å². The van der Waals surface area contributed by atoms with E-state index in [1.165, 1.54) is 90.8 Å². The van der Waals surface area contributed by atoms with Gasteiger partial charge in [0, 0.05) is 0 Å². The molecule has 0 amide bonds. The zero-order valence-corrected chi connectivity index (χ0v) is 35.0. The average molecular weight is 757 g/mol. The van der Waals surface area contributed by atoms with Crippen LogP contribution in [0.15, 0.2) is 102 Å². The fourth-order valence-electron chi connectivity index (χ4n) is 6.19. The average Bonchev–Trinajstić information content (AvgIpc) is 3.61. The molecule has 5 aromatic carbocycles. The Bertz CT molecular complexity index is 1810. The van der Waals surface area contributed by atoms with Crippen LogP contribution >= 0.6 is 0 Å². The predicted molar refractivity (Wildman–Crippen MR) is 202 cm³/mol. The second kappa shape index (κ2) is 17.2. The van der Waals surface area contributed by atoms with E-state index < -0.39 is 0 Å². The maximum absolute atomic E-state index is 3.57. The topological polar surface area (TPSA) is 0 Å². The van der Waals surface area contributed by atoms with E-state index >= 15 is 0 Å². The molecule has 0 saturated heterocycles. The van der Waals surface area contributed by atoms with Crippen molar-refractivity contribution in [2.24, 2.45) is 11.3 Å². The summed E-state index contributed by atoms with van der Waals surface area (Å²) < 4.78 is 2.23. The van der Waals surface area contributed by atoms with Gasteiger partial charge < -0.3 is 24.8 Å². The zero-order chi connectivity index (χ0) is 33.9. The molecule has 1 aliphatic carbocycles. The van der Waals surface area contributed by atoms with Crippen LogP contribution in [0.25, 0.3) is 32.3 Å². The Morgan fingerprint density at radius 1 is 0.667 bits per heavy atom. The zero-order valence-electron chi connectivity index (χ0n) is 31.0. The first kappa shape index (κ1) is 42.0. The van der Waals surface area contributed by atoms with Crippen LogP contribution in [-0.2, 0) is 35.1 Å². The van der Waals surface area contributed by atoms with E-state index in [2.05, 4.69) is 177 Å². The van der Waals surface area contributed by atoms with E-state index in [1.54, 1.807) is 0 Å². The molecule has 0 fully saturated rings. The van der Waals surface area contributed by atoms with Gasteiger partial charge >= 0.3 is 86.7 Å². The van der Waals surface area contributed by atoms with Gasteiger partial charge in [-0.3, -0.25) is 6.08 Å². The quantitative estimate of drug-likeness (QED) is 0.174. The van der Waals surface area contributed by atoms with Gasteiger partial charge in [0.15, 0.2) is 0 Å². The Hall–Kier alpha value is -2.18. The van der Waals surface area contributed by atoms with Crippen LogP contribution in [0.5, 0.6) is 0 Å². The van der Waals surface area contributed by atoms with Crippen LogP contribution in [0, 0.1) is 17.4 Å². The third kappa shape index (κ3) is 10.2. The molecule has 0 aliphatic heterocycles. The van der Waals surface area contributed by atoms with E-state index in [4.69, 9.17) is 0 Å². The number of rotatable bonds is 3. The van der Waals surface area contributed by atoms with Crippen molar-refractivity contribution in [1.29, 1.82) is 0 Å². The van der Waals surface area contributed by atoms with Gasteiger partial charge in [-0.05, 0) is 10.8 Å². The molecule has 3 heteroatoms. The Morgan fingerprint density at radius 2 is 1.19 bits per heavy atom. The Balaban J connectivity index is 0.000000259. The third-order valence-corrected chi connectivity index (χ3v) is 9.83. The summed E-state index contributed by atoms with van der Waals surface area (Å²) in [5.41, 5.74) is 7.82. The van der Waals surface area contributed by atoms with Crippen molar-refractivity contribution in [3.63, 3.8) is 0 Å². The molecule has 0 radical (unpaired) electrons. The number of hydrogen-bond donors (Lipinski definition) is 0. The van der Waals surface area contributed by atoms with Crippen LogP contribution in [0.1, 0.15) is 106 Å². The summed E-state index contributed by atoms with van der Waals surface area (Å²) in [6.07, 6.45) is 8.28. The predicted octanol–water partition coefficient (Wildman–Crippen LogP) is 6.99. The molecule has 0 bridgehead atoms. The van der Waals surface area contributed by atoms with Crippen molar-refractivity contribution >= 4 is 36.0 Å². The summed E-state index contributed by atoms with van der Waals surface area (Å²) in [5.74, 6) is 0.573. The normalized spacial score (nSPS) is 14.6. The van der Waals surface area contributed by atoms with E-state index in [-0.39, 0.29) is 35.6 Å². The number of allylic oxidation sites excluding steroid dienone is 4. The number of fused-ring (bicyclic) bond motifs is 4. The van der Waals surface area contributed by atoms with Crippen LogP contribution in [-0.4, -0.2) is 3.71 Å². The van der Waals surface area contributed by atoms with Crippen molar-refractivity contribution in [3.8, 4) is 0 Å². The molecule has 1 unspecified atom stereocenters. The van der Waals surface area contributed by atoms with Gasteiger partial charge in [0.05, 0.1) is 0 Å². The Kier molecular flexibility index (Phi) is 15.0. The van der Waals surface area contributed by atoms with Gasteiger partial charge in [-0.1, -0.05) is 136 Å². The molecule has 0 spiro atoms. The summed E-state index contributed by atoms with van der Waals surface area (Å²) in [6.45, 7) is 24.9. The monoisotopic (exact) mass is 754 g/mol. The van der Waals surface area contributed by atoms with E-state index in [9.17, 15) is 0 Å². The summed E-state index contributed by atoms with van der Waals surface area (Å²) in [6, 6.07) is 31.1. The van der Waals surface area contributed by atoms with Gasteiger partial charge in [-0.2, -0.15) is 11.6 Å². The molecule has 1 atom stereocenters. The van der Waals surface area contributed by atoms with E-state index in [0.717, 1.165) is 6.42 Å². The first-order valence-electron chi connectivity index (χ1n) is 17.0. The van der Waals surface area contributed by atoms with Gasteiger partial charge in [-0.25, -0.2) is 5.57 Å². The van der Waals surface area contributed by atoms with Crippen molar-refractivity contribution < 1.29 is 49.0 Å². The fraction of sp³-hybridized carbons (Fsp3) is 0.378. The van der Waals surface area contributed by atoms with Gasteiger partial charge in [0.25, 0.3) is 0 Å². The maximum atomic E-state index is 3.57. The first-order chi connectivity index (χ1) is 21.6. The van der Waals surface area contributed by atoms with E-state index in [0.29, 0.717) is 11.3 Å². The summed E-state index contributed by atoms with van der Waals surface area (Å²) >= 11 is 1.46. The van der Waals surface area contributed by atoms with Crippen LogP contribution in [0.3, 0.4) is 0 Å². The molecule has 5 aromatic rings. The number of benzene rings is 4. The first-order valence-corrected chi connectivity index (χ1v) is 18.5. The Labute approximate surface area is 319 Å². The molecule has 254 valence electrons. The molecule has 0 N–H and O–H groups in total. The Morgan fingerprint density at radius 3 is 1.62 bits per heavy atom. The molecule has 0 heterocycles. The van der Waals surface area contributed by atoms with Crippen molar-refractivity contribution in [2.75, 3.05) is 0 Å². The van der Waals surface area contributed by atoms with Crippen molar-refractivity contribution in [3.05, 3.63) is 125 Å². The van der Waals surface area contributed by atoms with Crippen LogP contribution in [0.2, 0.25) is 0 Å². The second-order valence-electron chi connectivity index (χ2n) is 15.8. The third-order valence-electron chi connectivity index (χ3n) is 9.07. The molecule has 1 aliphatic rings. The number of halogens is 2. The molecule has 0 saturated carbocycles. The van der Waals surface area contributed by atoms with E-state index in [1.807, 2.05) is 0 Å². The van der Waals surface area contributed by atoms with Crippen LogP contribution < -0.4 is 24.8 Å². The molecule has 48 heavy (non-hydrogen) atoms. The SMILES string of the molecule is CC(C)(C)c1ccc2c(c1)[cH-]c1cc(C(C)(C)C)ccc12.CCC1=[C-]C(CC)C=C1C(C)(C)C.[Cl-].[Cl-].[Zr+2]=[CH]c1cccc2ccccc12. The minimum atomic E-state index is 0. The summed E-state index contributed by atoms with van der Waals surface area (Å²) in [5, 5.41) is 8.16. The van der Waals surface area contributed by atoms with Gasteiger partial charge in [0.1, 0.15) is 0 Å². The molecule has 0 nitrogen and oxygen atoms in total. The summed E-state index contributed by atoms with van der Waals surface area (Å²) in [7, 11) is 0. The van der Waals surface area contributed by atoms with Crippen molar-refractivity contribution in [1.82, 2.24) is 0 Å². The molecular formula is C45H54Cl2Zr-2. The second-order valence-corrected chi connectivity index (χ2v) is 16.5. The minimum absolute atomic E-state index is 0. The molecule has 0 aromatic heterocycles. The van der Waals surface area contributed by atoms with Crippen LogP contribution in [0.4, 0.5) is 0 Å². The van der Waals surface area contributed by atoms with Gasteiger partial charge in [0.2, 0.25) is 0 Å². The molecule has 6 rings (SSSR count). The number of hydrogen-bond acceptors (Lipinski definition) is 0. The molecular weight excluding hydrogens is 703 g/mol. The fourth-order valence-corrected chi connectivity index (χ4v) is 6.81.